The van der Waals surface area contributed by atoms with Gasteiger partial charge in [-0.15, -0.1) is 0 Å². The molecule has 0 unspecified atom stereocenters. The summed E-state index contributed by atoms with van der Waals surface area (Å²) < 4.78 is 5.76. The van der Waals surface area contributed by atoms with Gasteiger partial charge in [0, 0.05) is 12.4 Å². The minimum atomic E-state index is -1.19. The summed E-state index contributed by atoms with van der Waals surface area (Å²) in [6.07, 6.45) is 0. The number of carboxylic acid groups (broad SMARTS) is 1. The van der Waals surface area contributed by atoms with E-state index in [1.54, 1.807) is 18.2 Å². The van der Waals surface area contributed by atoms with E-state index in [0.717, 1.165) is 0 Å². The predicted octanol–water partition coefficient (Wildman–Crippen LogP) is 3.08. The lowest BCUT2D eigenvalue weighted by atomic mass is 10.1. The largest absolute Gasteiger partial charge is 0.477 e. The maximum absolute atomic E-state index is 12.1. The molecule has 0 aliphatic carbocycles. The van der Waals surface area contributed by atoms with Crippen LogP contribution in [-0.4, -0.2) is 29.0 Å². The smallest absolute Gasteiger partial charge is 0.354 e. The van der Waals surface area contributed by atoms with Crippen LogP contribution in [0.4, 0.5) is 0 Å². The maximum Gasteiger partial charge on any atom is 0.354 e. The van der Waals surface area contributed by atoms with Crippen LogP contribution in [-0.2, 0) is 0 Å². The molecule has 0 atom stereocenters. The molecule has 3 aromatic rings. The van der Waals surface area contributed by atoms with Crippen molar-refractivity contribution in [1.29, 1.82) is 0 Å². The summed E-state index contributed by atoms with van der Waals surface area (Å²) >= 11 is 0. The molecular formula is C18H14N2O4. The zero-order chi connectivity index (χ0) is 17.1. The number of nitrogens with one attached hydrogen (secondary N) is 1. The molecule has 2 aromatic carbocycles. The van der Waals surface area contributed by atoms with Crippen molar-refractivity contribution < 1.29 is 19.4 Å². The minimum Gasteiger partial charge on any atom is -0.477 e. The van der Waals surface area contributed by atoms with E-state index in [2.05, 4.69) is 10.3 Å². The van der Waals surface area contributed by atoms with E-state index in [9.17, 15) is 9.59 Å². The van der Waals surface area contributed by atoms with Crippen molar-refractivity contribution in [2.24, 2.45) is 0 Å². The van der Waals surface area contributed by atoms with Crippen molar-refractivity contribution in [3.8, 4) is 11.5 Å². The Morgan fingerprint density at radius 2 is 1.79 bits per heavy atom. The van der Waals surface area contributed by atoms with Crippen molar-refractivity contribution in [3.63, 3.8) is 0 Å². The number of para-hydroxylation sites is 1. The fourth-order valence-corrected chi connectivity index (χ4v) is 2.32. The second-order valence-corrected chi connectivity index (χ2v) is 5.04. The third-order valence-electron chi connectivity index (χ3n) is 3.44. The number of carbonyl (C=O) groups is 2. The van der Waals surface area contributed by atoms with E-state index in [-0.39, 0.29) is 11.4 Å². The van der Waals surface area contributed by atoms with Crippen molar-refractivity contribution >= 4 is 22.6 Å². The summed E-state index contributed by atoms with van der Waals surface area (Å²) in [5, 5.41) is 12.7. The highest BCUT2D eigenvalue weighted by Gasteiger charge is 2.16. The highest BCUT2D eigenvalue weighted by Crippen LogP contribution is 2.27. The number of nitrogens with zero attached hydrogens (tertiary/aromatic N) is 1. The number of pyridine rings is 1. The Kier molecular flexibility index (Phi) is 4.11. The van der Waals surface area contributed by atoms with Crippen LogP contribution in [0, 0.1) is 0 Å². The summed E-state index contributed by atoms with van der Waals surface area (Å²) in [7, 11) is 1.47. The van der Waals surface area contributed by atoms with E-state index >= 15 is 0 Å². The molecule has 0 bridgehead atoms. The molecule has 0 fully saturated rings. The summed E-state index contributed by atoms with van der Waals surface area (Å²) in [6, 6.07) is 15.7. The van der Waals surface area contributed by atoms with Gasteiger partial charge in [0.15, 0.2) is 0 Å². The van der Waals surface area contributed by atoms with Crippen LogP contribution in [0.5, 0.6) is 11.5 Å². The molecule has 0 aliphatic rings. The number of ether oxygens (including phenoxy) is 1. The first-order valence-electron chi connectivity index (χ1n) is 7.21. The zero-order valence-corrected chi connectivity index (χ0v) is 12.8. The van der Waals surface area contributed by atoms with E-state index < -0.39 is 11.9 Å². The van der Waals surface area contributed by atoms with Crippen molar-refractivity contribution in [1.82, 2.24) is 10.3 Å². The number of amides is 1. The van der Waals surface area contributed by atoms with Crippen LogP contribution in [0.3, 0.4) is 0 Å². The monoisotopic (exact) mass is 322 g/mol. The number of benzene rings is 2. The standard InChI is InChI=1S/C18H14N2O4/c1-19-17(21)16-14-10-13(24-12-5-3-2-4-6-12)8-7-11(14)9-15(20-16)18(22)23/h2-10H,1H3,(H,19,21)(H,22,23). The topological polar surface area (TPSA) is 88.5 Å². The van der Waals surface area contributed by atoms with Crippen LogP contribution < -0.4 is 10.1 Å². The number of aromatic carboxylic acids is 1. The summed E-state index contributed by atoms with van der Waals surface area (Å²) in [4.78, 5) is 27.2. The first-order chi connectivity index (χ1) is 11.6. The molecule has 3 rings (SSSR count). The average molecular weight is 322 g/mol. The van der Waals surface area contributed by atoms with Gasteiger partial charge >= 0.3 is 5.97 Å². The molecule has 2 N–H and O–H groups in total. The van der Waals surface area contributed by atoms with Crippen LogP contribution in [0.1, 0.15) is 21.0 Å². The lowest BCUT2D eigenvalue weighted by Crippen LogP contribution is -2.21. The Balaban J connectivity index is 2.12. The van der Waals surface area contributed by atoms with Gasteiger partial charge in [-0.1, -0.05) is 24.3 Å². The van der Waals surface area contributed by atoms with Crippen molar-refractivity contribution in [2.45, 2.75) is 0 Å². The number of carboxylic acids is 1. The molecule has 1 amide bonds. The second kappa shape index (κ2) is 6.37. The molecular weight excluding hydrogens is 308 g/mol. The number of fused-ring (bicyclic) bond motifs is 1. The van der Waals surface area contributed by atoms with Gasteiger partial charge in [0.05, 0.1) is 0 Å². The molecule has 6 heteroatoms. The Morgan fingerprint density at radius 3 is 2.46 bits per heavy atom. The Hall–Kier alpha value is -3.41. The van der Waals surface area contributed by atoms with Crippen molar-refractivity contribution in [3.05, 3.63) is 66.0 Å². The summed E-state index contributed by atoms with van der Waals surface area (Å²) in [6.45, 7) is 0. The second-order valence-electron chi connectivity index (χ2n) is 5.04. The summed E-state index contributed by atoms with van der Waals surface area (Å²) in [5.41, 5.74) is -0.135. The van der Waals surface area contributed by atoms with E-state index in [0.29, 0.717) is 22.3 Å². The summed E-state index contributed by atoms with van der Waals surface area (Å²) in [5.74, 6) is -0.455. The first kappa shape index (κ1) is 15.5. The van der Waals surface area contributed by atoms with Gasteiger partial charge < -0.3 is 15.2 Å². The van der Waals surface area contributed by atoms with Crippen LogP contribution in [0.2, 0.25) is 0 Å². The van der Waals surface area contributed by atoms with E-state index in [1.807, 2.05) is 30.3 Å². The fraction of sp³-hybridized carbons (Fsp3) is 0.0556. The van der Waals surface area contributed by atoms with Gasteiger partial charge in [0.2, 0.25) is 0 Å². The van der Waals surface area contributed by atoms with Crippen LogP contribution in [0.25, 0.3) is 10.8 Å². The van der Waals surface area contributed by atoms with E-state index in [4.69, 9.17) is 9.84 Å². The minimum absolute atomic E-state index is 0.0471. The highest BCUT2D eigenvalue weighted by molar-refractivity contribution is 6.07. The lowest BCUT2D eigenvalue weighted by Gasteiger charge is -2.10. The number of hydrogen-bond acceptors (Lipinski definition) is 4. The van der Waals surface area contributed by atoms with Gasteiger partial charge in [-0.2, -0.15) is 0 Å². The number of aromatic nitrogens is 1. The van der Waals surface area contributed by atoms with E-state index in [1.165, 1.54) is 13.1 Å². The Bertz CT molecular complexity index is 923. The SMILES string of the molecule is CNC(=O)c1nc(C(=O)O)cc2ccc(Oc3ccccc3)cc12. The molecule has 1 heterocycles. The third-order valence-corrected chi connectivity index (χ3v) is 3.44. The molecule has 24 heavy (non-hydrogen) atoms. The molecule has 0 radical (unpaired) electrons. The van der Waals surface area contributed by atoms with Gasteiger partial charge in [0.25, 0.3) is 5.91 Å². The average Bonchev–Trinajstić information content (AvgIpc) is 2.61. The highest BCUT2D eigenvalue weighted by atomic mass is 16.5. The van der Waals surface area contributed by atoms with Gasteiger partial charge in [0.1, 0.15) is 22.9 Å². The van der Waals surface area contributed by atoms with Gasteiger partial charge in [-0.25, -0.2) is 9.78 Å². The number of carbonyl (C=O) groups excluding carboxylic acids is 1. The zero-order valence-electron chi connectivity index (χ0n) is 12.8. The Morgan fingerprint density at radius 1 is 1.04 bits per heavy atom. The predicted molar refractivity (Wildman–Crippen MR) is 88.6 cm³/mol. The normalized spacial score (nSPS) is 10.4. The van der Waals surface area contributed by atoms with Crippen LogP contribution in [0.15, 0.2) is 54.6 Å². The molecule has 1 aromatic heterocycles. The number of hydrogen-bond donors (Lipinski definition) is 2. The molecule has 120 valence electrons. The lowest BCUT2D eigenvalue weighted by molar-refractivity contribution is 0.0690. The molecule has 0 saturated heterocycles. The third kappa shape index (κ3) is 3.03. The maximum atomic E-state index is 12.1. The quantitative estimate of drug-likeness (QED) is 0.770. The molecule has 0 saturated carbocycles. The Labute approximate surface area is 137 Å². The van der Waals surface area contributed by atoms with Gasteiger partial charge in [-0.05, 0) is 35.7 Å². The molecule has 0 spiro atoms. The molecule has 0 aliphatic heterocycles. The van der Waals surface area contributed by atoms with Gasteiger partial charge in [-0.3, -0.25) is 4.79 Å². The van der Waals surface area contributed by atoms with Crippen molar-refractivity contribution in [2.75, 3.05) is 7.05 Å². The first-order valence-corrected chi connectivity index (χ1v) is 7.21. The number of rotatable bonds is 4. The van der Waals surface area contributed by atoms with Crippen LogP contribution >= 0.6 is 0 Å². The molecule has 6 nitrogen and oxygen atoms in total. The fourth-order valence-electron chi connectivity index (χ4n) is 2.32.